The maximum atomic E-state index is 12.4. The molecule has 0 aliphatic heterocycles. The molecule has 0 fully saturated rings. The minimum absolute atomic E-state index is 0.191. The maximum Gasteiger partial charge on any atom is 0.432 e. The Balaban J connectivity index is 2.26. The predicted molar refractivity (Wildman–Crippen MR) is 58.5 cm³/mol. The van der Waals surface area contributed by atoms with Crippen LogP contribution >= 0.6 is 0 Å². The van der Waals surface area contributed by atoms with E-state index in [-0.39, 0.29) is 5.56 Å². The van der Waals surface area contributed by atoms with Gasteiger partial charge in [-0.25, -0.2) is 0 Å². The van der Waals surface area contributed by atoms with Crippen molar-refractivity contribution in [2.24, 2.45) is 0 Å². The van der Waals surface area contributed by atoms with Gasteiger partial charge in [-0.05, 0) is 18.2 Å². The summed E-state index contributed by atoms with van der Waals surface area (Å²) < 4.78 is 74.1. The molecule has 1 N–H and O–H groups in total. The molecule has 3 nitrogen and oxygen atoms in total. The van der Waals surface area contributed by atoms with E-state index >= 15 is 0 Å². The Labute approximate surface area is 113 Å². The first-order valence-electron chi connectivity index (χ1n) is 5.43. The number of aromatic nitrogens is 2. The van der Waals surface area contributed by atoms with E-state index in [0.29, 0.717) is 18.2 Å². The van der Waals surface area contributed by atoms with Gasteiger partial charge in [0.1, 0.15) is 11.4 Å². The summed E-state index contributed by atoms with van der Waals surface area (Å²) in [7, 11) is 0. The monoisotopic (exact) mass is 308 g/mol. The normalized spacial score (nSPS) is 12.5. The lowest BCUT2D eigenvalue weighted by Crippen LogP contribution is -2.07. The highest BCUT2D eigenvalue weighted by Gasteiger charge is 2.34. The van der Waals surface area contributed by atoms with Crippen molar-refractivity contribution in [2.45, 2.75) is 12.4 Å². The number of nitrogens with zero attached hydrogens (tertiary/aromatic N) is 1. The number of H-pyrrole nitrogens is 1. The number of carbonyl (C=O) groups excluding carboxylic acids is 1. The maximum absolute atomic E-state index is 12.4. The van der Waals surface area contributed by atoms with Crippen molar-refractivity contribution in [3.05, 3.63) is 52.8 Å². The van der Waals surface area contributed by atoms with Gasteiger partial charge in [0.05, 0.1) is 5.56 Å². The second kappa shape index (κ2) is 4.90. The number of hydrogen-bond acceptors (Lipinski definition) is 2. The Hall–Kier alpha value is -2.32. The zero-order valence-corrected chi connectivity index (χ0v) is 10.0. The molecule has 0 unspecified atom stereocenters. The van der Waals surface area contributed by atoms with Gasteiger partial charge in [-0.15, -0.1) is 0 Å². The molecule has 1 heterocycles. The van der Waals surface area contributed by atoms with Crippen LogP contribution in [0.4, 0.5) is 26.3 Å². The fourth-order valence-electron chi connectivity index (χ4n) is 1.54. The van der Waals surface area contributed by atoms with Crippen molar-refractivity contribution >= 4 is 5.78 Å². The molecule has 0 bridgehead atoms. The molecular formula is C12H6F6N2O. The molecule has 1 aromatic heterocycles. The summed E-state index contributed by atoms with van der Waals surface area (Å²) in [5.41, 5.74) is -2.89. The first-order valence-corrected chi connectivity index (χ1v) is 5.43. The van der Waals surface area contributed by atoms with E-state index in [9.17, 15) is 31.1 Å². The van der Waals surface area contributed by atoms with Crippen LogP contribution in [0.2, 0.25) is 0 Å². The number of rotatable bonds is 2. The van der Waals surface area contributed by atoms with Gasteiger partial charge in [0.25, 0.3) is 0 Å². The summed E-state index contributed by atoms with van der Waals surface area (Å²) in [6.45, 7) is 0. The molecule has 0 amide bonds. The zero-order chi connectivity index (χ0) is 15.8. The lowest BCUT2D eigenvalue weighted by atomic mass is 10.1. The lowest BCUT2D eigenvalue weighted by Gasteiger charge is -2.06. The van der Waals surface area contributed by atoms with Crippen molar-refractivity contribution in [1.82, 2.24) is 10.2 Å². The number of ketones is 1. The Morgan fingerprint density at radius 1 is 0.952 bits per heavy atom. The van der Waals surface area contributed by atoms with Crippen molar-refractivity contribution in [2.75, 3.05) is 0 Å². The molecule has 0 aliphatic carbocycles. The van der Waals surface area contributed by atoms with Crippen LogP contribution in [-0.4, -0.2) is 16.0 Å². The Morgan fingerprint density at radius 3 is 1.95 bits per heavy atom. The molecule has 0 radical (unpaired) electrons. The average Bonchev–Trinajstić information content (AvgIpc) is 2.86. The highest BCUT2D eigenvalue weighted by molar-refractivity contribution is 6.07. The van der Waals surface area contributed by atoms with Gasteiger partial charge in [-0.1, -0.05) is 12.1 Å². The quantitative estimate of drug-likeness (QED) is 0.679. The average molecular weight is 308 g/mol. The molecule has 0 saturated heterocycles. The third-order valence-corrected chi connectivity index (χ3v) is 2.59. The first-order chi connectivity index (χ1) is 9.59. The fourth-order valence-corrected chi connectivity index (χ4v) is 1.54. The van der Waals surface area contributed by atoms with Crippen LogP contribution in [0.1, 0.15) is 27.3 Å². The number of hydrogen-bond donors (Lipinski definition) is 1. The van der Waals surface area contributed by atoms with E-state index in [1.165, 1.54) is 0 Å². The Bertz CT molecular complexity index is 654. The fraction of sp³-hybridized carbons (Fsp3) is 0.167. The number of benzene rings is 1. The van der Waals surface area contributed by atoms with Crippen molar-refractivity contribution in [3.63, 3.8) is 0 Å². The molecule has 2 aromatic rings. The van der Waals surface area contributed by atoms with Crippen LogP contribution in [0.15, 0.2) is 30.3 Å². The Morgan fingerprint density at radius 2 is 1.52 bits per heavy atom. The molecule has 2 rings (SSSR count). The van der Waals surface area contributed by atoms with Gasteiger partial charge in [0.2, 0.25) is 5.78 Å². The van der Waals surface area contributed by atoms with Crippen LogP contribution in [0, 0.1) is 0 Å². The lowest BCUT2D eigenvalue weighted by molar-refractivity contribution is -0.141. The molecule has 0 spiro atoms. The van der Waals surface area contributed by atoms with Gasteiger partial charge < -0.3 is 0 Å². The number of aromatic amines is 1. The van der Waals surface area contributed by atoms with E-state index in [1.807, 2.05) is 0 Å². The number of nitrogens with one attached hydrogen (secondary N) is 1. The molecule has 1 aromatic carbocycles. The minimum Gasteiger partial charge on any atom is -0.287 e. The highest BCUT2D eigenvalue weighted by atomic mass is 19.4. The van der Waals surface area contributed by atoms with Gasteiger partial charge in [0, 0.05) is 5.56 Å². The van der Waals surface area contributed by atoms with Crippen LogP contribution in [0.3, 0.4) is 0 Å². The van der Waals surface area contributed by atoms with Crippen molar-refractivity contribution in [3.8, 4) is 0 Å². The second-order valence-electron chi connectivity index (χ2n) is 4.07. The topological polar surface area (TPSA) is 45.8 Å². The summed E-state index contributed by atoms with van der Waals surface area (Å²) in [5.74, 6) is -0.907. The zero-order valence-electron chi connectivity index (χ0n) is 10.0. The van der Waals surface area contributed by atoms with Crippen molar-refractivity contribution < 1.29 is 31.1 Å². The standard InChI is InChI=1S/C12H6F6N2O/c13-11(14,15)7-3-1-6(2-4-7)10(21)8-5-9(20-19-8)12(16,17)18/h1-5H,(H,19,20). The van der Waals surface area contributed by atoms with Gasteiger partial charge in [-0.2, -0.15) is 31.4 Å². The Kier molecular flexibility index (Phi) is 3.52. The van der Waals surface area contributed by atoms with Crippen LogP contribution in [0.5, 0.6) is 0 Å². The molecular weight excluding hydrogens is 302 g/mol. The van der Waals surface area contributed by atoms with Crippen molar-refractivity contribution in [1.29, 1.82) is 0 Å². The minimum atomic E-state index is -4.69. The van der Waals surface area contributed by atoms with E-state index in [0.717, 1.165) is 12.1 Å². The number of carbonyl (C=O) groups is 1. The number of alkyl halides is 6. The number of halogens is 6. The van der Waals surface area contributed by atoms with Gasteiger partial charge in [0.15, 0.2) is 0 Å². The van der Waals surface area contributed by atoms with E-state index < -0.39 is 35.1 Å². The largest absolute Gasteiger partial charge is 0.432 e. The summed E-state index contributed by atoms with van der Waals surface area (Å²) in [6, 6.07) is 3.61. The van der Waals surface area contributed by atoms with Gasteiger partial charge in [-0.3, -0.25) is 9.89 Å². The second-order valence-corrected chi connectivity index (χ2v) is 4.07. The summed E-state index contributed by atoms with van der Waals surface area (Å²) >= 11 is 0. The third-order valence-electron chi connectivity index (χ3n) is 2.59. The SMILES string of the molecule is O=C(c1ccc(C(F)(F)F)cc1)c1cc(C(F)(F)F)[nH]n1. The molecule has 0 aliphatic rings. The summed E-state index contributed by atoms with van der Waals surface area (Å²) in [5, 5.41) is 4.87. The smallest absolute Gasteiger partial charge is 0.287 e. The van der Waals surface area contributed by atoms with Gasteiger partial charge >= 0.3 is 12.4 Å². The van der Waals surface area contributed by atoms with E-state index in [1.54, 1.807) is 5.10 Å². The van der Waals surface area contributed by atoms with Crippen LogP contribution < -0.4 is 0 Å². The molecule has 112 valence electrons. The molecule has 0 saturated carbocycles. The molecule has 0 atom stereocenters. The predicted octanol–water partition coefficient (Wildman–Crippen LogP) is 3.68. The molecule has 9 heteroatoms. The highest BCUT2D eigenvalue weighted by Crippen LogP contribution is 2.30. The molecule has 21 heavy (non-hydrogen) atoms. The summed E-state index contributed by atoms with van der Waals surface area (Å²) in [4.78, 5) is 11.8. The third kappa shape index (κ3) is 3.23. The first kappa shape index (κ1) is 15.1. The van der Waals surface area contributed by atoms with E-state index in [4.69, 9.17) is 0 Å². The van der Waals surface area contributed by atoms with Crippen LogP contribution in [0.25, 0.3) is 0 Å². The van der Waals surface area contributed by atoms with E-state index in [2.05, 4.69) is 5.10 Å². The van der Waals surface area contributed by atoms with Crippen LogP contribution in [-0.2, 0) is 12.4 Å². The summed E-state index contributed by atoms with van der Waals surface area (Å²) in [6.07, 6.45) is -9.25.